The Hall–Kier alpha value is -4.52. The van der Waals surface area contributed by atoms with Gasteiger partial charge in [-0.15, -0.1) is 0 Å². The Morgan fingerprint density at radius 1 is 0.853 bits per heavy atom. The van der Waals surface area contributed by atoms with Crippen LogP contribution in [0.1, 0.15) is 5.56 Å². The molecule has 170 valence electrons. The van der Waals surface area contributed by atoms with Gasteiger partial charge < -0.3 is 23.0 Å². The average Bonchev–Trinajstić information content (AvgIpc) is 3.28. The van der Waals surface area contributed by atoms with E-state index in [0.29, 0.717) is 45.1 Å². The van der Waals surface area contributed by atoms with Gasteiger partial charge in [-0.05, 0) is 48.0 Å². The summed E-state index contributed by atoms with van der Waals surface area (Å²) < 4.78 is 27.5. The van der Waals surface area contributed by atoms with Crippen molar-refractivity contribution in [2.24, 2.45) is 0 Å². The maximum atomic E-state index is 12.5. The smallest absolute Gasteiger partial charge is 0.336 e. The molecule has 0 saturated heterocycles. The number of carbonyl (C=O) groups excluding carboxylic acids is 1. The number of hydrogen-bond acceptors (Lipinski definition) is 7. The van der Waals surface area contributed by atoms with E-state index in [1.165, 1.54) is 6.07 Å². The first-order valence-corrected chi connectivity index (χ1v) is 10.5. The molecule has 34 heavy (non-hydrogen) atoms. The molecule has 2 aromatic heterocycles. The number of ether oxygens (including phenoxy) is 3. The molecule has 0 aliphatic carbocycles. The summed E-state index contributed by atoms with van der Waals surface area (Å²) in [6, 6.07) is 20.8. The molecule has 7 nitrogen and oxygen atoms in total. The van der Waals surface area contributed by atoms with Crippen LogP contribution in [0.5, 0.6) is 17.2 Å². The van der Waals surface area contributed by atoms with Gasteiger partial charge in [0.1, 0.15) is 22.8 Å². The first-order chi connectivity index (χ1) is 16.5. The van der Waals surface area contributed by atoms with Crippen LogP contribution in [0.15, 0.2) is 86.4 Å². The van der Waals surface area contributed by atoms with Crippen molar-refractivity contribution in [3.05, 3.63) is 88.8 Å². The van der Waals surface area contributed by atoms with Crippen molar-refractivity contribution in [1.29, 1.82) is 0 Å². The Balaban J connectivity index is 1.49. The molecule has 3 aromatic carbocycles. The predicted molar refractivity (Wildman–Crippen MR) is 127 cm³/mol. The molecule has 0 aliphatic heterocycles. The Kier molecular flexibility index (Phi) is 5.51. The van der Waals surface area contributed by atoms with Crippen LogP contribution >= 0.6 is 0 Å². The molecule has 7 heteroatoms. The molecule has 0 unspecified atom stereocenters. The molecule has 5 aromatic rings. The fourth-order valence-corrected chi connectivity index (χ4v) is 3.82. The number of carbonyl (C=O) groups is 1. The first kappa shape index (κ1) is 21.3. The lowest BCUT2D eigenvalue weighted by molar-refractivity contribution is -0.133. The number of esters is 1. The minimum absolute atomic E-state index is 0.0993. The monoisotopic (exact) mass is 456 g/mol. The maximum absolute atomic E-state index is 12.5. The molecular weight excluding hydrogens is 436 g/mol. The van der Waals surface area contributed by atoms with Crippen LogP contribution in [-0.2, 0) is 11.2 Å². The first-order valence-electron chi connectivity index (χ1n) is 10.5. The van der Waals surface area contributed by atoms with Crippen molar-refractivity contribution >= 4 is 27.9 Å². The number of fused-ring (bicyclic) bond motifs is 2. The van der Waals surface area contributed by atoms with E-state index in [-0.39, 0.29) is 6.42 Å². The van der Waals surface area contributed by atoms with Gasteiger partial charge in [-0.2, -0.15) is 0 Å². The number of rotatable bonds is 6. The van der Waals surface area contributed by atoms with Crippen molar-refractivity contribution in [2.45, 2.75) is 6.42 Å². The van der Waals surface area contributed by atoms with Crippen LogP contribution in [0.4, 0.5) is 0 Å². The van der Waals surface area contributed by atoms with E-state index >= 15 is 0 Å². The van der Waals surface area contributed by atoms with Gasteiger partial charge in [-0.25, -0.2) is 4.79 Å². The van der Waals surface area contributed by atoms with E-state index in [4.69, 9.17) is 23.0 Å². The summed E-state index contributed by atoms with van der Waals surface area (Å²) in [5.41, 5.74) is 1.74. The number of benzene rings is 3. The summed E-state index contributed by atoms with van der Waals surface area (Å²) in [5, 5.41) is 1.41. The Morgan fingerprint density at radius 3 is 2.41 bits per heavy atom. The van der Waals surface area contributed by atoms with E-state index < -0.39 is 11.6 Å². The van der Waals surface area contributed by atoms with Crippen molar-refractivity contribution in [3.8, 4) is 28.6 Å². The normalized spacial score (nSPS) is 11.0. The average molecular weight is 456 g/mol. The molecule has 0 aliphatic rings. The van der Waals surface area contributed by atoms with E-state index in [1.54, 1.807) is 50.6 Å². The molecule has 0 saturated carbocycles. The second-order valence-corrected chi connectivity index (χ2v) is 7.63. The lowest BCUT2D eigenvalue weighted by Gasteiger charge is -2.08. The van der Waals surface area contributed by atoms with Crippen LogP contribution in [0.2, 0.25) is 0 Å². The molecule has 0 amide bonds. The standard InChI is InChI=1S/C27H20O7/c1-30-18-8-6-16(7-9-18)12-25(28)32-19-10-11-22-20(14-19)21(15-26(29)33-22)24-13-17-4-3-5-23(31-2)27(17)34-24/h3-11,13-15H,12H2,1-2H3. The highest BCUT2D eigenvalue weighted by molar-refractivity contribution is 5.96. The largest absolute Gasteiger partial charge is 0.497 e. The summed E-state index contributed by atoms with van der Waals surface area (Å²) in [6.07, 6.45) is 0.0993. The molecule has 0 N–H and O–H groups in total. The Labute approximate surface area is 194 Å². The van der Waals surface area contributed by atoms with Gasteiger partial charge >= 0.3 is 11.6 Å². The highest BCUT2D eigenvalue weighted by Crippen LogP contribution is 2.36. The Bertz CT molecular complexity index is 1560. The minimum atomic E-state index is -0.515. The number of para-hydroxylation sites is 1. The highest BCUT2D eigenvalue weighted by atomic mass is 16.5. The Morgan fingerprint density at radius 2 is 1.65 bits per heavy atom. The van der Waals surface area contributed by atoms with Crippen molar-refractivity contribution in [1.82, 2.24) is 0 Å². The topological polar surface area (TPSA) is 88.1 Å². The predicted octanol–water partition coefficient (Wildman–Crippen LogP) is 5.37. The third-order valence-corrected chi connectivity index (χ3v) is 5.45. The van der Waals surface area contributed by atoms with Gasteiger partial charge in [0.15, 0.2) is 11.3 Å². The second kappa shape index (κ2) is 8.78. The fourth-order valence-electron chi connectivity index (χ4n) is 3.82. The lowest BCUT2D eigenvalue weighted by atomic mass is 10.1. The molecule has 0 fully saturated rings. The molecular formula is C27H20O7. The van der Waals surface area contributed by atoms with Gasteiger partial charge in [0.25, 0.3) is 0 Å². The zero-order valence-corrected chi connectivity index (χ0v) is 18.5. The van der Waals surface area contributed by atoms with E-state index in [9.17, 15) is 9.59 Å². The second-order valence-electron chi connectivity index (χ2n) is 7.63. The molecule has 0 spiro atoms. The van der Waals surface area contributed by atoms with Crippen molar-refractivity contribution in [2.75, 3.05) is 14.2 Å². The molecule has 2 heterocycles. The van der Waals surface area contributed by atoms with Crippen LogP contribution in [0, 0.1) is 0 Å². The lowest BCUT2D eigenvalue weighted by Crippen LogP contribution is -2.11. The van der Waals surface area contributed by atoms with Gasteiger partial charge in [0.2, 0.25) is 0 Å². The van der Waals surface area contributed by atoms with Gasteiger partial charge in [-0.1, -0.05) is 24.3 Å². The quantitative estimate of drug-likeness (QED) is 0.193. The fraction of sp³-hybridized carbons (Fsp3) is 0.111. The highest BCUT2D eigenvalue weighted by Gasteiger charge is 2.16. The minimum Gasteiger partial charge on any atom is -0.497 e. The van der Waals surface area contributed by atoms with Crippen LogP contribution in [0.25, 0.3) is 33.3 Å². The summed E-state index contributed by atoms with van der Waals surface area (Å²) in [4.78, 5) is 24.7. The van der Waals surface area contributed by atoms with Crippen LogP contribution in [0.3, 0.4) is 0 Å². The zero-order chi connectivity index (χ0) is 23.7. The summed E-state index contributed by atoms with van der Waals surface area (Å²) >= 11 is 0. The molecule has 0 radical (unpaired) electrons. The molecule has 0 bridgehead atoms. The van der Waals surface area contributed by atoms with Crippen molar-refractivity contribution in [3.63, 3.8) is 0 Å². The van der Waals surface area contributed by atoms with Gasteiger partial charge in [-0.3, -0.25) is 4.79 Å². The van der Waals surface area contributed by atoms with Crippen LogP contribution < -0.4 is 19.8 Å². The van der Waals surface area contributed by atoms with Gasteiger partial charge in [0, 0.05) is 22.4 Å². The number of furan rings is 1. The molecule has 0 atom stereocenters. The SMILES string of the molecule is COc1ccc(CC(=O)Oc2ccc3oc(=O)cc(-c4cc5cccc(OC)c5o4)c3c2)cc1. The van der Waals surface area contributed by atoms with Crippen molar-refractivity contribution < 1.29 is 27.8 Å². The van der Waals surface area contributed by atoms with E-state index in [0.717, 1.165) is 10.9 Å². The summed E-state index contributed by atoms with van der Waals surface area (Å²) in [5.74, 6) is 1.68. The van der Waals surface area contributed by atoms with E-state index in [1.807, 2.05) is 30.3 Å². The van der Waals surface area contributed by atoms with Gasteiger partial charge in [0.05, 0.1) is 20.6 Å². The summed E-state index contributed by atoms with van der Waals surface area (Å²) in [6.45, 7) is 0. The number of hydrogen-bond donors (Lipinski definition) is 0. The van der Waals surface area contributed by atoms with E-state index in [2.05, 4.69) is 0 Å². The maximum Gasteiger partial charge on any atom is 0.336 e. The zero-order valence-electron chi connectivity index (χ0n) is 18.5. The third-order valence-electron chi connectivity index (χ3n) is 5.45. The van der Waals surface area contributed by atoms with Crippen LogP contribution in [-0.4, -0.2) is 20.2 Å². The molecule has 5 rings (SSSR count). The number of methoxy groups -OCH3 is 2. The third kappa shape index (κ3) is 4.11. The summed E-state index contributed by atoms with van der Waals surface area (Å²) in [7, 11) is 3.15.